The average Bonchev–Trinajstić information content (AvgIpc) is 2.79. The Hall–Kier alpha value is -1.88. The zero-order valence-corrected chi connectivity index (χ0v) is 11.6. The maximum atomic E-state index is 12.3. The fraction of sp³-hybridized carbons (Fsp3) is 0.357. The molecule has 20 heavy (non-hydrogen) atoms. The zero-order chi connectivity index (χ0) is 14.8. The first-order valence-corrected chi connectivity index (χ1v) is 6.56. The molecule has 1 saturated heterocycles. The van der Waals surface area contributed by atoms with E-state index in [1.54, 1.807) is 0 Å². The Morgan fingerprint density at radius 2 is 1.80 bits per heavy atom. The van der Waals surface area contributed by atoms with Crippen molar-refractivity contribution in [1.29, 1.82) is 0 Å². The number of hydrogen-bond donors (Lipinski definition) is 1. The first-order valence-electron chi connectivity index (χ1n) is 6.18. The SMILES string of the molecule is CC1(C)C2C(=O)N(c3cccc(Cl)c3C(=O)O)C(=O)C21. The molecule has 1 aliphatic carbocycles. The molecule has 1 heterocycles. The Balaban J connectivity index is 2.09. The number of anilines is 1. The van der Waals surface area contributed by atoms with E-state index >= 15 is 0 Å². The minimum absolute atomic E-state index is 0.00966. The minimum Gasteiger partial charge on any atom is -0.478 e. The molecule has 1 saturated carbocycles. The topological polar surface area (TPSA) is 74.7 Å². The smallest absolute Gasteiger partial charge is 0.339 e. The Bertz CT molecular complexity index is 643. The van der Waals surface area contributed by atoms with Gasteiger partial charge in [-0.1, -0.05) is 31.5 Å². The van der Waals surface area contributed by atoms with E-state index in [0.29, 0.717) is 0 Å². The van der Waals surface area contributed by atoms with Gasteiger partial charge in [0.25, 0.3) is 0 Å². The number of carboxylic acid groups (broad SMARTS) is 1. The van der Waals surface area contributed by atoms with Gasteiger partial charge in [-0.3, -0.25) is 9.59 Å². The van der Waals surface area contributed by atoms with Crippen LogP contribution >= 0.6 is 11.6 Å². The van der Waals surface area contributed by atoms with E-state index in [-0.39, 0.29) is 45.3 Å². The molecule has 2 fully saturated rings. The molecule has 3 rings (SSSR count). The van der Waals surface area contributed by atoms with Crippen molar-refractivity contribution >= 4 is 35.1 Å². The molecule has 1 aromatic rings. The van der Waals surface area contributed by atoms with Crippen LogP contribution < -0.4 is 4.90 Å². The maximum Gasteiger partial charge on any atom is 0.339 e. The summed E-state index contributed by atoms with van der Waals surface area (Å²) in [6.45, 7) is 3.73. The molecule has 0 radical (unpaired) electrons. The Morgan fingerprint density at radius 1 is 1.25 bits per heavy atom. The third-order valence-electron chi connectivity index (χ3n) is 4.25. The molecule has 6 heteroatoms. The number of fused-ring (bicyclic) bond motifs is 1. The molecule has 0 bridgehead atoms. The summed E-state index contributed by atoms with van der Waals surface area (Å²) in [6, 6.07) is 4.38. The lowest BCUT2D eigenvalue weighted by molar-refractivity contribution is -0.125. The van der Waals surface area contributed by atoms with Crippen molar-refractivity contribution < 1.29 is 19.5 Å². The molecule has 2 amide bonds. The van der Waals surface area contributed by atoms with Gasteiger partial charge in [0, 0.05) is 0 Å². The lowest BCUT2D eigenvalue weighted by Crippen LogP contribution is -2.37. The van der Waals surface area contributed by atoms with E-state index in [4.69, 9.17) is 11.6 Å². The van der Waals surface area contributed by atoms with Crippen molar-refractivity contribution in [3.63, 3.8) is 0 Å². The normalized spacial score (nSPS) is 26.6. The summed E-state index contributed by atoms with van der Waals surface area (Å²) in [5.41, 5.74) is -0.481. The van der Waals surface area contributed by atoms with Crippen molar-refractivity contribution in [2.45, 2.75) is 13.8 Å². The number of hydrogen-bond acceptors (Lipinski definition) is 3. The fourth-order valence-corrected chi connectivity index (χ4v) is 3.34. The molecule has 104 valence electrons. The number of carbonyl (C=O) groups is 3. The molecule has 2 atom stereocenters. The van der Waals surface area contributed by atoms with Gasteiger partial charge in [-0.15, -0.1) is 0 Å². The number of carboxylic acids is 1. The summed E-state index contributed by atoms with van der Waals surface area (Å²) < 4.78 is 0. The first-order chi connectivity index (χ1) is 9.28. The highest BCUT2D eigenvalue weighted by molar-refractivity contribution is 6.35. The number of benzene rings is 1. The predicted octanol–water partition coefficient (Wildman–Crippen LogP) is 2.18. The molecule has 0 aromatic heterocycles. The van der Waals surface area contributed by atoms with E-state index < -0.39 is 5.97 Å². The van der Waals surface area contributed by atoms with Gasteiger partial charge in [-0.2, -0.15) is 0 Å². The van der Waals surface area contributed by atoms with Crippen LogP contribution in [0.3, 0.4) is 0 Å². The largest absolute Gasteiger partial charge is 0.478 e. The molecule has 2 unspecified atom stereocenters. The summed E-state index contributed by atoms with van der Waals surface area (Å²) in [5.74, 6) is -2.64. The van der Waals surface area contributed by atoms with Crippen LogP contribution in [0, 0.1) is 17.3 Å². The van der Waals surface area contributed by atoms with Crippen molar-refractivity contribution in [3.8, 4) is 0 Å². The minimum atomic E-state index is -1.26. The van der Waals surface area contributed by atoms with Gasteiger partial charge >= 0.3 is 5.97 Å². The standard InChI is InChI=1S/C14H12ClNO4/c1-14(2)9-10(14)12(18)16(11(9)17)7-5-3-4-6(15)8(7)13(19)20/h3-5,9-10H,1-2H3,(H,19,20). The van der Waals surface area contributed by atoms with Gasteiger partial charge in [0.15, 0.2) is 0 Å². The summed E-state index contributed by atoms with van der Waals surface area (Å²) in [4.78, 5) is 36.9. The van der Waals surface area contributed by atoms with Crippen molar-refractivity contribution in [1.82, 2.24) is 0 Å². The van der Waals surface area contributed by atoms with Crippen LogP contribution in [0.5, 0.6) is 0 Å². The van der Waals surface area contributed by atoms with Crippen LogP contribution in [0.1, 0.15) is 24.2 Å². The Morgan fingerprint density at radius 3 is 2.30 bits per heavy atom. The Labute approximate surface area is 120 Å². The molecular formula is C14H12ClNO4. The van der Waals surface area contributed by atoms with Gasteiger partial charge in [-0.25, -0.2) is 9.69 Å². The lowest BCUT2D eigenvalue weighted by Gasteiger charge is -2.22. The third-order valence-corrected chi connectivity index (χ3v) is 4.56. The third kappa shape index (κ3) is 1.47. The molecular weight excluding hydrogens is 282 g/mol. The second-order valence-corrected chi connectivity index (χ2v) is 6.13. The average molecular weight is 294 g/mol. The van der Waals surface area contributed by atoms with Gasteiger partial charge in [0.05, 0.1) is 22.5 Å². The van der Waals surface area contributed by atoms with E-state index in [0.717, 1.165) is 4.90 Å². The summed E-state index contributed by atoms with van der Waals surface area (Å²) in [5, 5.41) is 9.24. The molecule has 1 aromatic carbocycles. The number of aromatic carboxylic acids is 1. The van der Waals surface area contributed by atoms with E-state index in [1.165, 1.54) is 18.2 Å². The highest BCUT2D eigenvalue weighted by Crippen LogP contribution is 2.63. The van der Waals surface area contributed by atoms with Crippen molar-refractivity contribution in [2.24, 2.45) is 17.3 Å². The van der Waals surface area contributed by atoms with Gasteiger partial charge < -0.3 is 5.11 Å². The van der Waals surface area contributed by atoms with Crippen LogP contribution in [-0.2, 0) is 9.59 Å². The van der Waals surface area contributed by atoms with Gasteiger partial charge in [0.1, 0.15) is 5.56 Å². The summed E-state index contributed by atoms with van der Waals surface area (Å²) >= 11 is 5.87. The second-order valence-electron chi connectivity index (χ2n) is 5.73. The van der Waals surface area contributed by atoms with Crippen molar-refractivity contribution in [3.05, 3.63) is 28.8 Å². The number of nitrogens with zero attached hydrogens (tertiary/aromatic N) is 1. The number of halogens is 1. The highest BCUT2D eigenvalue weighted by Gasteiger charge is 2.72. The molecule has 0 spiro atoms. The Kier molecular flexibility index (Phi) is 2.51. The van der Waals surface area contributed by atoms with Gasteiger partial charge in [0.2, 0.25) is 11.8 Å². The number of rotatable bonds is 2. The molecule has 1 N–H and O–H groups in total. The number of amides is 2. The number of carbonyl (C=O) groups excluding carboxylic acids is 2. The zero-order valence-electron chi connectivity index (χ0n) is 10.9. The van der Waals surface area contributed by atoms with Crippen LogP contribution in [0.2, 0.25) is 5.02 Å². The lowest BCUT2D eigenvalue weighted by atomic mass is 10.0. The maximum absolute atomic E-state index is 12.3. The highest BCUT2D eigenvalue weighted by atomic mass is 35.5. The van der Waals surface area contributed by atoms with Crippen LogP contribution in [0.4, 0.5) is 5.69 Å². The van der Waals surface area contributed by atoms with E-state index in [9.17, 15) is 19.5 Å². The predicted molar refractivity (Wildman–Crippen MR) is 71.7 cm³/mol. The molecule has 1 aliphatic heterocycles. The first kappa shape index (κ1) is 13.1. The fourth-order valence-electron chi connectivity index (χ4n) is 3.09. The molecule has 5 nitrogen and oxygen atoms in total. The monoisotopic (exact) mass is 293 g/mol. The summed E-state index contributed by atoms with van der Waals surface area (Å²) in [7, 11) is 0. The quantitative estimate of drug-likeness (QED) is 0.848. The second kappa shape index (κ2) is 3.82. The summed E-state index contributed by atoms with van der Waals surface area (Å²) in [6.07, 6.45) is 0. The van der Waals surface area contributed by atoms with Crippen LogP contribution in [0.25, 0.3) is 0 Å². The van der Waals surface area contributed by atoms with Crippen LogP contribution in [-0.4, -0.2) is 22.9 Å². The van der Waals surface area contributed by atoms with Crippen LogP contribution in [0.15, 0.2) is 18.2 Å². The van der Waals surface area contributed by atoms with Gasteiger partial charge in [-0.05, 0) is 17.5 Å². The number of piperidine rings is 1. The van der Waals surface area contributed by atoms with Crippen molar-refractivity contribution in [2.75, 3.05) is 4.90 Å². The van der Waals surface area contributed by atoms with E-state index in [1.807, 2.05) is 13.8 Å². The molecule has 2 aliphatic rings. The number of imide groups is 1. The van der Waals surface area contributed by atoms with E-state index in [2.05, 4.69) is 0 Å².